The molecule has 0 radical (unpaired) electrons. The fourth-order valence-electron chi connectivity index (χ4n) is 4.05. The van der Waals surface area contributed by atoms with E-state index in [1.807, 2.05) is 6.33 Å². The molecule has 10 heteroatoms. The molecule has 5 heterocycles. The van der Waals surface area contributed by atoms with Crippen LogP contribution in [0.2, 0.25) is 0 Å². The second kappa shape index (κ2) is 7.43. The Hall–Kier alpha value is -3.01. The van der Waals surface area contributed by atoms with E-state index >= 15 is 0 Å². The van der Waals surface area contributed by atoms with Crippen LogP contribution in [-0.4, -0.2) is 68.2 Å². The smallest absolute Gasteiger partial charge is 0.266 e. The van der Waals surface area contributed by atoms with Crippen LogP contribution in [0.1, 0.15) is 12.8 Å². The minimum Gasteiger partial charge on any atom is -0.376 e. The van der Waals surface area contributed by atoms with E-state index in [0.29, 0.717) is 0 Å². The predicted octanol–water partition coefficient (Wildman–Crippen LogP) is 0.426. The Bertz CT molecular complexity index is 1060. The molecule has 10 nitrogen and oxygen atoms in total. The lowest BCUT2D eigenvalue weighted by atomic mass is 10.2. The quantitative estimate of drug-likeness (QED) is 0.627. The number of hydrogen-bond acceptors (Lipinski definition) is 8. The van der Waals surface area contributed by atoms with Crippen molar-refractivity contribution in [1.82, 2.24) is 29.3 Å². The maximum Gasteiger partial charge on any atom is 0.266 e. The number of imidazole rings is 1. The second-order valence-corrected chi connectivity index (χ2v) is 7.53. The van der Waals surface area contributed by atoms with Crippen molar-refractivity contribution in [2.75, 3.05) is 42.6 Å². The molecule has 2 aliphatic heterocycles. The van der Waals surface area contributed by atoms with Crippen molar-refractivity contribution < 1.29 is 4.74 Å². The van der Waals surface area contributed by atoms with Gasteiger partial charge in [0.1, 0.15) is 12.1 Å². The Morgan fingerprint density at radius 2 is 1.93 bits per heavy atom. The van der Waals surface area contributed by atoms with Crippen LogP contribution in [0, 0.1) is 0 Å². The lowest BCUT2D eigenvalue weighted by Gasteiger charge is -2.35. The predicted molar refractivity (Wildman–Crippen MR) is 108 cm³/mol. The van der Waals surface area contributed by atoms with Gasteiger partial charge in [0.2, 0.25) is 0 Å². The summed E-state index contributed by atoms with van der Waals surface area (Å²) in [5.41, 5.74) is 1.58. The number of aryl methyl sites for hydroxylation is 1. The lowest BCUT2D eigenvalue weighted by Crippen LogP contribution is -2.47. The third kappa shape index (κ3) is 3.44. The van der Waals surface area contributed by atoms with E-state index in [1.165, 1.54) is 4.68 Å². The van der Waals surface area contributed by atoms with Crippen LogP contribution in [0.25, 0.3) is 11.2 Å². The van der Waals surface area contributed by atoms with Crippen molar-refractivity contribution in [3.05, 3.63) is 35.1 Å². The monoisotopic (exact) mass is 396 g/mol. The van der Waals surface area contributed by atoms with Crippen LogP contribution in [0.4, 0.5) is 11.6 Å². The molecule has 0 saturated carbocycles. The Morgan fingerprint density at radius 1 is 1.10 bits per heavy atom. The number of nitrogens with zero attached hydrogens (tertiary/aromatic N) is 8. The topological polar surface area (TPSA) is 94.2 Å². The number of rotatable bonds is 4. The Balaban J connectivity index is 1.33. The number of hydrogen-bond donors (Lipinski definition) is 0. The molecule has 1 atom stereocenters. The molecule has 1 unspecified atom stereocenters. The molecule has 2 fully saturated rings. The first-order valence-corrected chi connectivity index (χ1v) is 10.0. The highest BCUT2D eigenvalue weighted by molar-refractivity contribution is 5.83. The highest BCUT2D eigenvalue weighted by atomic mass is 16.5. The number of aromatic nitrogens is 6. The number of ether oxygens (including phenoxy) is 1. The molecule has 29 heavy (non-hydrogen) atoms. The third-order valence-electron chi connectivity index (χ3n) is 5.66. The zero-order chi connectivity index (χ0) is 19.8. The van der Waals surface area contributed by atoms with Gasteiger partial charge >= 0.3 is 0 Å². The Kier molecular flexibility index (Phi) is 4.62. The van der Waals surface area contributed by atoms with Crippen molar-refractivity contribution in [2.45, 2.75) is 25.5 Å². The number of piperazine rings is 1. The van der Waals surface area contributed by atoms with Crippen molar-refractivity contribution in [1.29, 1.82) is 0 Å². The van der Waals surface area contributed by atoms with Gasteiger partial charge < -0.3 is 19.1 Å². The van der Waals surface area contributed by atoms with E-state index in [0.717, 1.165) is 75.0 Å². The summed E-state index contributed by atoms with van der Waals surface area (Å²) in [6, 6.07) is 3.34. The summed E-state index contributed by atoms with van der Waals surface area (Å²) < 4.78 is 9.20. The minimum absolute atomic E-state index is 0.102. The van der Waals surface area contributed by atoms with Gasteiger partial charge in [-0.15, -0.1) is 0 Å². The molecule has 152 valence electrons. The number of anilines is 2. The molecule has 0 aliphatic carbocycles. The summed E-state index contributed by atoms with van der Waals surface area (Å²) in [7, 11) is 1.67. The fraction of sp³-hybridized carbons (Fsp3) is 0.526. The van der Waals surface area contributed by atoms with Gasteiger partial charge in [-0.05, 0) is 18.9 Å². The molecule has 0 bridgehead atoms. The highest BCUT2D eigenvalue weighted by Gasteiger charge is 2.24. The Labute approximate surface area is 167 Å². The van der Waals surface area contributed by atoms with Crippen LogP contribution in [0.3, 0.4) is 0 Å². The average molecular weight is 396 g/mol. The van der Waals surface area contributed by atoms with Crippen LogP contribution in [-0.2, 0) is 18.3 Å². The normalized spacial score (nSPS) is 20.0. The van der Waals surface area contributed by atoms with E-state index in [2.05, 4.69) is 34.4 Å². The molecule has 3 aromatic rings. The largest absolute Gasteiger partial charge is 0.376 e. The van der Waals surface area contributed by atoms with Crippen LogP contribution in [0.5, 0.6) is 0 Å². The van der Waals surface area contributed by atoms with Crippen molar-refractivity contribution in [3.8, 4) is 0 Å². The molecule has 3 aromatic heterocycles. The maximum absolute atomic E-state index is 11.6. The molecule has 2 saturated heterocycles. The molecule has 0 aromatic carbocycles. The van der Waals surface area contributed by atoms with Gasteiger partial charge in [-0.1, -0.05) is 0 Å². The van der Waals surface area contributed by atoms with Crippen molar-refractivity contribution in [3.63, 3.8) is 0 Å². The minimum atomic E-state index is -0.102. The summed E-state index contributed by atoms with van der Waals surface area (Å²) in [4.78, 5) is 29.6. The third-order valence-corrected chi connectivity index (χ3v) is 5.66. The Morgan fingerprint density at radius 3 is 2.69 bits per heavy atom. The zero-order valence-corrected chi connectivity index (χ0v) is 16.4. The molecule has 2 aliphatic rings. The zero-order valence-electron chi connectivity index (χ0n) is 16.4. The van der Waals surface area contributed by atoms with Crippen LogP contribution < -0.4 is 15.4 Å². The first-order valence-electron chi connectivity index (χ1n) is 10.0. The van der Waals surface area contributed by atoms with Gasteiger partial charge in [-0.25, -0.2) is 19.6 Å². The average Bonchev–Trinajstić information content (AvgIpc) is 3.41. The van der Waals surface area contributed by atoms with E-state index in [1.54, 1.807) is 25.5 Å². The van der Waals surface area contributed by atoms with Gasteiger partial charge in [0, 0.05) is 45.9 Å². The highest BCUT2D eigenvalue weighted by Crippen LogP contribution is 2.24. The van der Waals surface area contributed by atoms with E-state index in [-0.39, 0.29) is 11.7 Å². The van der Waals surface area contributed by atoms with Gasteiger partial charge in [0.15, 0.2) is 17.0 Å². The molecule has 0 N–H and O–H groups in total. The van der Waals surface area contributed by atoms with Gasteiger partial charge in [-0.3, -0.25) is 4.79 Å². The maximum atomic E-state index is 11.6. The van der Waals surface area contributed by atoms with Gasteiger partial charge in [0.25, 0.3) is 5.56 Å². The van der Waals surface area contributed by atoms with Crippen LogP contribution >= 0.6 is 0 Å². The summed E-state index contributed by atoms with van der Waals surface area (Å²) in [5, 5.41) is 4.35. The summed E-state index contributed by atoms with van der Waals surface area (Å²) in [6.45, 7) is 4.82. The first-order chi connectivity index (χ1) is 14.2. The molecule has 0 spiro atoms. The van der Waals surface area contributed by atoms with Crippen molar-refractivity contribution >= 4 is 22.8 Å². The fourth-order valence-corrected chi connectivity index (χ4v) is 4.05. The second-order valence-electron chi connectivity index (χ2n) is 7.53. The van der Waals surface area contributed by atoms with E-state index in [4.69, 9.17) is 4.74 Å². The van der Waals surface area contributed by atoms with E-state index < -0.39 is 0 Å². The summed E-state index contributed by atoms with van der Waals surface area (Å²) in [6.07, 6.45) is 5.90. The summed E-state index contributed by atoms with van der Waals surface area (Å²) >= 11 is 0. The summed E-state index contributed by atoms with van der Waals surface area (Å²) in [5.74, 6) is 1.69. The SMILES string of the molecule is Cn1nc(N2CCN(c3ncnc4c3ncn4CC3CCCO3)CC2)ccc1=O. The van der Waals surface area contributed by atoms with Gasteiger partial charge in [0.05, 0.1) is 19.0 Å². The standard InChI is InChI=1S/C19H24N8O2/c1-24-16(28)5-4-15(23-24)25-6-8-26(9-7-25)18-17-19(21-12-20-18)27(13-22-17)11-14-3-2-10-29-14/h4-5,12-14H,2-3,6-11H2,1H3. The van der Waals surface area contributed by atoms with E-state index in [9.17, 15) is 4.79 Å². The number of fused-ring (bicyclic) bond motifs is 1. The molecule has 0 amide bonds. The molecular formula is C19H24N8O2. The lowest BCUT2D eigenvalue weighted by molar-refractivity contribution is 0.0978. The first kappa shape index (κ1) is 18.0. The van der Waals surface area contributed by atoms with Crippen molar-refractivity contribution in [2.24, 2.45) is 7.05 Å². The molecular weight excluding hydrogens is 372 g/mol. The molecule has 5 rings (SSSR count). The van der Waals surface area contributed by atoms with Gasteiger partial charge in [-0.2, -0.15) is 5.10 Å². The van der Waals surface area contributed by atoms with Crippen LogP contribution in [0.15, 0.2) is 29.6 Å².